The van der Waals surface area contributed by atoms with Gasteiger partial charge in [0, 0.05) is 15.8 Å². The quantitative estimate of drug-likeness (QED) is 0.834. The number of halogens is 1. The minimum atomic E-state index is 0.489. The maximum Gasteiger partial charge on any atom is 0.101 e. The van der Waals surface area contributed by atoms with Gasteiger partial charge < -0.3 is 11.1 Å². The highest BCUT2D eigenvalue weighted by molar-refractivity contribution is 9.10. The molecule has 0 saturated heterocycles. The molecule has 0 heterocycles. The topological polar surface area (TPSA) is 61.8 Å². The van der Waals surface area contributed by atoms with Crippen LogP contribution >= 0.6 is 15.9 Å². The standard InChI is InChI=1S/C15H14BrN3/c1-2-10-7-12(16)4-6-15(10)19-13-5-3-11(9-17)14(18)8-13/h3-8,19H,2,18H2,1H3. The maximum atomic E-state index is 8.86. The van der Waals surface area contributed by atoms with E-state index >= 15 is 0 Å². The minimum Gasteiger partial charge on any atom is -0.398 e. The highest BCUT2D eigenvalue weighted by atomic mass is 79.9. The summed E-state index contributed by atoms with van der Waals surface area (Å²) in [7, 11) is 0. The second-order valence-electron chi connectivity index (χ2n) is 4.19. The molecule has 0 amide bonds. The van der Waals surface area contributed by atoms with Gasteiger partial charge in [0.05, 0.1) is 11.3 Å². The van der Waals surface area contributed by atoms with Crippen molar-refractivity contribution in [3.8, 4) is 6.07 Å². The molecule has 0 atom stereocenters. The number of benzene rings is 2. The highest BCUT2D eigenvalue weighted by Gasteiger charge is 2.04. The molecule has 19 heavy (non-hydrogen) atoms. The Kier molecular flexibility index (Phi) is 4.08. The number of aryl methyl sites for hydroxylation is 1. The third-order valence-corrected chi connectivity index (χ3v) is 3.39. The van der Waals surface area contributed by atoms with Gasteiger partial charge in [-0.2, -0.15) is 5.26 Å². The molecule has 0 fully saturated rings. The number of nitrogens with one attached hydrogen (secondary N) is 1. The molecule has 3 nitrogen and oxygen atoms in total. The van der Waals surface area contributed by atoms with E-state index < -0.39 is 0 Å². The number of rotatable bonds is 3. The Balaban J connectivity index is 2.31. The van der Waals surface area contributed by atoms with Crippen LogP contribution in [0.4, 0.5) is 17.1 Å². The third kappa shape index (κ3) is 3.07. The summed E-state index contributed by atoms with van der Waals surface area (Å²) < 4.78 is 1.06. The molecule has 0 unspecified atom stereocenters. The van der Waals surface area contributed by atoms with Gasteiger partial charge in [-0.3, -0.25) is 0 Å². The Morgan fingerprint density at radius 2 is 2.05 bits per heavy atom. The fraction of sp³-hybridized carbons (Fsp3) is 0.133. The summed E-state index contributed by atoms with van der Waals surface area (Å²) in [5, 5.41) is 12.2. The van der Waals surface area contributed by atoms with E-state index in [9.17, 15) is 0 Å². The van der Waals surface area contributed by atoms with Gasteiger partial charge in [-0.1, -0.05) is 22.9 Å². The van der Waals surface area contributed by atoms with Gasteiger partial charge in [-0.25, -0.2) is 0 Å². The first kappa shape index (κ1) is 13.4. The van der Waals surface area contributed by atoms with Crippen molar-refractivity contribution >= 4 is 33.0 Å². The maximum absolute atomic E-state index is 8.86. The van der Waals surface area contributed by atoms with Crippen LogP contribution in [0.5, 0.6) is 0 Å². The van der Waals surface area contributed by atoms with E-state index in [4.69, 9.17) is 11.0 Å². The Morgan fingerprint density at radius 1 is 1.26 bits per heavy atom. The molecule has 0 aromatic heterocycles. The second kappa shape index (κ2) is 5.77. The summed E-state index contributed by atoms with van der Waals surface area (Å²) in [5.74, 6) is 0. The zero-order valence-corrected chi connectivity index (χ0v) is 12.2. The number of nitrogens with zero attached hydrogens (tertiary/aromatic N) is 1. The summed E-state index contributed by atoms with van der Waals surface area (Å²) in [6, 6.07) is 13.5. The lowest BCUT2D eigenvalue weighted by molar-refractivity contribution is 1.14. The minimum absolute atomic E-state index is 0.489. The van der Waals surface area contributed by atoms with Gasteiger partial charge >= 0.3 is 0 Å². The predicted molar refractivity (Wildman–Crippen MR) is 82.4 cm³/mol. The molecule has 0 saturated carbocycles. The van der Waals surface area contributed by atoms with Crippen molar-refractivity contribution in [2.45, 2.75) is 13.3 Å². The van der Waals surface area contributed by atoms with Crippen molar-refractivity contribution in [3.63, 3.8) is 0 Å². The predicted octanol–water partition coefficient (Wildman–Crippen LogP) is 4.21. The summed E-state index contributed by atoms with van der Waals surface area (Å²) in [5.41, 5.74) is 9.95. The van der Waals surface area contributed by atoms with Gasteiger partial charge in [0.1, 0.15) is 6.07 Å². The van der Waals surface area contributed by atoms with Crippen LogP contribution in [-0.2, 0) is 6.42 Å². The number of nitriles is 1. The molecule has 0 aliphatic carbocycles. The molecule has 2 aromatic rings. The van der Waals surface area contributed by atoms with Crippen molar-refractivity contribution in [1.29, 1.82) is 5.26 Å². The SMILES string of the molecule is CCc1cc(Br)ccc1Nc1ccc(C#N)c(N)c1. The van der Waals surface area contributed by atoms with Crippen LogP contribution in [0.1, 0.15) is 18.1 Å². The molecule has 2 aromatic carbocycles. The van der Waals surface area contributed by atoms with Crippen molar-refractivity contribution in [3.05, 3.63) is 52.0 Å². The number of nitrogen functional groups attached to an aromatic ring is 1. The first-order valence-corrected chi connectivity index (χ1v) is 6.78. The van der Waals surface area contributed by atoms with E-state index in [1.807, 2.05) is 18.2 Å². The Morgan fingerprint density at radius 3 is 2.68 bits per heavy atom. The number of hydrogen-bond acceptors (Lipinski definition) is 3. The number of nitrogens with two attached hydrogens (primary N) is 1. The summed E-state index contributed by atoms with van der Waals surface area (Å²) in [6.07, 6.45) is 0.938. The normalized spacial score (nSPS) is 9.95. The lowest BCUT2D eigenvalue weighted by Crippen LogP contribution is -1.97. The van der Waals surface area contributed by atoms with Crippen LogP contribution in [0.2, 0.25) is 0 Å². The molecule has 0 radical (unpaired) electrons. The van der Waals surface area contributed by atoms with Crippen LogP contribution in [0, 0.1) is 11.3 Å². The van der Waals surface area contributed by atoms with Gasteiger partial charge in [-0.05, 0) is 48.4 Å². The molecule has 96 valence electrons. The Hall–Kier alpha value is -1.99. The van der Waals surface area contributed by atoms with Crippen molar-refractivity contribution < 1.29 is 0 Å². The van der Waals surface area contributed by atoms with Crippen molar-refractivity contribution in [2.75, 3.05) is 11.1 Å². The van der Waals surface area contributed by atoms with Crippen molar-refractivity contribution in [1.82, 2.24) is 0 Å². The second-order valence-corrected chi connectivity index (χ2v) is 5.11. The molecular formula is C15H14BrN3. The van der Waals surface area contributed by atoms with E-state index in [0.29, 0.717) is 11.3 Å². The van der Waals surface area contributed by atoms with Crippen LogP contribution in [0.25, 0.3) is 0 Å². The zero-order valence-electron chi connectivity index (χ0n) is 10.6. The van der Waals surface area contributed by atoms with Crippen LogP contribution < -0.4 is 11.1 Å². The average molecular weight is 316 g/mol. The van der Waals surface area contributed by atoms with Crippen LogP contribution in [0.3, 0.4) is 0 Å². The molecule has 0 bridgehead atoms. The van der Waals surface area contributed by atoms with Gasteiger partial charge in [0.25, 0.3) is 0 Å². The molecule has 0 aliphatic rings. The smallest absolute Gasteiger partial charge is 0.101 e. The van der Waals surface area contributed by atoms with Crippen LogP contribution in [-0.4, -0.2) is 0 Å². The van der Waals surface area contributed by atoms with E-state index in [1.54, 1.807) is 12.1 Å². The van der Waals surface area contributed by atoms with E-state index in [2.05, 4.69) is 40.3 Å². The lowest BCUT2D eigenvalue weighted by atomic mass is 10.1. The number of anilines is 3. The molecule has 2 rings (SSSR count). The monoisotopic (exact) mass is 315 g/mol. The first-order valence-electron chi connectivity index (χ1n) is 5.99. The Labute approximate surface area is 121 Å². The molecule has 4 heteroatoms. The van der Waals surface area contributed by atoms with E-state index in [1.165, 1.54) is 5.56 Å². The van der Waals surface area contributed by atoms with Gasteiger partial charge in [-0.15, -0.1) is 0 Å². The Bertz CT molecular complexity index is 644. The molecule has 3 N–H and O–H groups in total. The van der Waals surface area contributed by atoms with E-state index in [-0.39, 0.29) is 0 Å². The van der Waals surface area contributed by atoms with Gasteiger partial charge in [0.2, 0.25) is 0 Å². The molecule has 0 spiro atoms. The lowest BCUT2D eigenvalue weighted by Gasteiger charge is -2.12. The van der Waals surface area contributed by atoms with Crippen LogP contribution in [0.15, 0.2) is 40.9 Å². The fourth-order valence-electron chi connectivity index (χ4n) is 1.87. The fourth-order valence-corrected chi connectivity index (χ4v) is 2.28. The van der Waals surface area contributed by atoms with Gasteiger partial charge in [0.15, 0.2) is 0 Å². The van der Waals surface area contributed by atoms with Crippen molar-refractivity contribution in [2.24, 2.45) is 0 Å². The summed E-state index contributed by atoms with van der Waals surface area (Å²) in [4.78, 5) is 0. The average Bonchev–Trinajstić information content (AvgIpc) is 2.41. The zero-order chi connectivity index (χ0) is 13.8. The third-order valence-electron chi connectivity index (χ3n) is 2.90. The largest absolute Gasteiger partial charge is 0.398 e. The highest BCUT2D eigenvalue weighted by Crippen LogP contribution is 2.26. The molecule has 0 aliphatic heterocycles. The summed E-state index contributed by atoms with van der Waals surface area (Å²) in [6.45, 7) is 2.11. The number of hydrogen-bond donors (Lipinski definition) is 2. The molecular weight excluding hydrogens is 302 g/mol. The first-order chi connectivity index (χ1) is 9.13. The van der Waals surface area contributed by atoms with E-state index in [0.717, 1.165) is 22.3 Å². The summed E-state index contributed by atoms with van der Waals surface area (Å²) >= 11 is 3.47.